The Hall–Kier alpha value is -2.50. The van der Waals surface area contributed by atoms with Crippen LogP contribution in [-0.2, 0) is 26.3 Å². The van der Waals surface area contributed by atoms with Crippen molar-refractivity contribution >= 4 is 43.6 Å². The summed E-state index contributed by atoms with van der Waals surface area (Å²) in [6.45, 7) is 1.03. The molecule has 3 rings (SSSR count). The molecule has 0 saturated heterocycles. The molecule has 0 heterocycles. The van der Waals surface area contributed by atoms with E-state index in [1.54, 1.807) is 6.92 Å². The minimum atomic E-state index is -4.21. The third kappa shape index (κ3) is 6.83. The monoisotopic (exact) mass is 582 g/mol. The van der Waals surface area contributed by atoms with Crippen LogP contribution in [-0.4, -0.2) is 62.2 Å². The van der Waals surface area contributed by atoms with E-state index in [1.165, 1.54) is 37.2 Å². The summed E-state index contributed by atoms with van der Waals surface area (Å²) < 4.78 is 43.4. The fourth-order valence-electron chi connectivity index (χ4n) is 4.12. The Balaban J connectivity index is 1.93. The summed E-state index contributed by atoms with van der Waals surface area (Å²) >= 11 is 3.38. The summed E-state index contributed by atoms with van der Waals surface area (Å²) in [6, 6.07) is 11.9. The maximum atomic E-state index is 14.7. The van der Waals surface area contributed by atoms with Crippen LogP contribution in [0, 0.1) is 5.82 Å². The average molecular weight is 584 g/mol. The third-order valence-electron chi connectivity index (χ3n) is 6.27. The summed E-state index contributed by atoms with van der Waals surface area (Å²) in [5.74, 6) is -1.71. The zero-order chi connectivity index (χ0) is 26.5. The van der Waals surface area contributed by atoms with E-state index < -0.39 is 34.5 Å². The van der Waals surface area contributed by atoms with Crippen molar-refractivity contribution in [1.29, 1.82) is 0 Å². The Morgan fingerprint density at radius 2 is 1.69 bits per heavy atom. The van der Waals surface area contributed by atoms with E-state index >= 15 is 0 Å². The fourth-order valence-corrected chi connectivity index (χ4v) is 5.45. The van der Waals surface area contributed by atoms with Gasteiger partial charge in [0.25, 0.3) is 0 Å². The lowest BCUT2D eigenvalue weighted by Gasteiger charge is -2.33. The smallest absolute Gasteiger partial charge is 0.304 e. The van der Waals surface area contributed by atoms with Crippen molar-refractivity contribution < 1.29 is 22.4 Å². The van der Waals surface area contributed by atoms with Gasteiger partial charge in [0.15, 0.2) is 0 Å². The molecule has 0 radical (unpaired) electrons. The lowest BCUT2D eigenvalue weighted by atomic mass is 10.1. The summed E-state index contributed by atoms with van der Waals surface area (Å²) in [5, 5.41) is 3.01. The van der Waals surface area contributed by atoms with Crippen LogP contribution in [0.2, 0.25) is 0 Å². The first-order valence-corrected chi connectivity index (χ1v) is 14.0. The maximum Gasteiger partial charge on any atom is 0.304 e. The van der Waals surface area contributed by atoms with Crippen LogP contribution in [0.1, 0.15) is 38.2 Å². The molecule has 36 heavy (non-hydrogen) atoms. The van der Waals surface area contributed by atoms with Crippen molar-refractivity contribution in [3.63, 3.8) is 0 Å². The number of para-hydroxylation sites is 1. The maximum absolute atomic E-state index is 14.7. The van der Waals surface area contributed by atoms with Crippen LogP contribution in [0.3, 0.4) is 0 Å². The van der Waals surface area contributed by atoms with Crippen LogP contribution < -0.4 is 9.62 Å². The van der Waals surface area contributed by atoms with Crippen LogP contribution in [0.15, 0.2) is 53.0 Å². The zero-order valence-corrected chi connectivity index (χ0v) is 23.1. The predicted molar refractivity (Wildman–Crippen MR) is 141 cm³/mol. The van der Waals surface area contributed by atoms with E-state index in [4.69, 9.17) is 0 Å². The molecule has 1 aliphatic rings. The van der Waals surface area contributed by atoms with Crippen molar-refractivity contribution in [1.82, 2.24) is 14.5 Å². The second-order valence-electron chi connectivity index (χ2n) is 9.06. The number of hydrogen-bond donors (Lipinski definition) is 1. The molecule has 0 unspecified atom stereocenters. The third-order valence-corrected chi connectivity index (χ3v) is 8.61. The molecule has 1 N–H and O–H groups in total. The number of hydrogen-bond acceptors (Lipinski definition) is 4. The van der Waals surface area contributed by atoms with Gasteiger partial charge in [0.2, 0.25) is 11.8 Å². The van der Waals surface area contributed by atoms with Gasteiger partial charge in [0, 0.05) is 31.2 Å². The van der Waals surface area contributed by atoms with Gasteiger partial charge in [-0.25, -0.2) is 8.70 Å². The van der Waals surface area contributed by atoms with E-state index in [9.17, 15) is 22.4 Å². The highest BCUT2D eigenvalue weighted by molar-refractivity contribution is 9.10. The normalized spacial score (nSPS) is 15.1. The van der Waals surface area contributed by atoms with Gasteiger partial charge in [-0.2, -0.15) is 12.7 Å². The lowest BCUT2D eigenvalue weighted by Crippen LogP contribution is -2.53. The van der Waals surface area contributed by atoms with Crippen LogP contribution in [0.4, 0.5) is 10.1 Å². The highest BCUT2D eigenvalue weighted by Gasteiger charge is 2.34. The molecule has 2 aromatic rings. The number of benzene rings is 2. The molecule has 1 fully saturated rings. The molecule has 2 aromatic carbocycles. The number of halogens is 2. The molecule has 8 nitrogen and oxygen atoms in total. The van der Waals surface area contributed by atoms with E-state index in [0.717, 1.165) is 50.4 Å². The molecule has 1 saturated carbocycles. The van der Waals surface area contributed by atoms with E-state index in [-0.39, 0.29) is 24.2 Å². The topological polar surface area (TPSA) is 90.0 Å². The molecular formula is C25H32BrFN4O4S. The van der Waals surface area contributed by atoms with Gasteiger partial charge in [-0.1, -0.05) is 53.0 Å². The second kappa shape index (κ2) is 12.2. The lowest BCUT2D eigenvalue weighted by molar-refractivity contribution is -0.139. The quantitative estimate of drug-likeness (QED) is 0.462. The van der Waals surface area contributed by atoms with Crippen molar-refractivity contribution in [2.75, 3.05) is 24.9 Å². The molecular weight excluding hydrogens is 551 g/mol. The van der Waals surface area contributed by atoms with Crippen LogP contribution in [0.5, 0.6) is 0 Å². The Morgan fingerprint density at radius 3 is 2.28 bits per heavy atom. The Labute approximate surface area is 220 Å². The summed E-state index contributed by atoms with van der Waals surface area (Å²) in [6.07, 6.45) is 3.87. The molecule has 1 aliphatic carbocycles. The summed E-state index contributed by atoms with van der Waals surface area (Å²) in [4.78, 5) is 28.1. The first kappa shape index (κ1) is 28.1. The molecule has 1 atom stereocenters. The first-order chi connectivity index (χ1) is 17.0. The van der Waals surface area contributed by atoms with Crippen molar-refractivity contribution in [2.24, 2.45) is 0 Å². The van der Waals surface area contributed by atoms with Gasteiger partial charge in [0.05, 0.1) is 5.69 Å². The second-order valence-corrected chi connectivity index (χ2v) is 12.0. The number of nitrogens with zero attached hydrogens (tertiary/aromatic N) is 3. The standard InChI is InChI=1S/C25H32BrFN4O4S/c1-18(25(33)28-21-8-4-5-9-21)30(16-19-12-14-20(26)15-13-19)24(32)17-31(36(34,35)29(2)3)23-11-7-6-10-22(23)27/h6-7,10-15,18,21H,4-5,8-9,16-17H2,1-3H3,(H,28,33)/t18-/m1/s1. The van der Waals surface area contributed by atoms with Crippen molar-refractivity contribution in [3.05, 3.63) is 64.4 Å². The Morgan fingerprint density at radius 1 is 1.08 bits per heavy atom. The number of rotatable bonds is 10. The molecule has 0 spiro atoms. The molecule has 0 bridgehead atoms. The van der Waals surface area contributed by atoms with Gasteiger partial charge in [-0.15, -0.1) is 0 Å². The first-order valence-electron chi connectivity index (χ1n) is 11.8. The highest BCUT2D eigenvalue weighted by atomic mass is 79.9. The molecule has 2 amide bonds. The summed E-state index contributed by atoms with van der Waals surface area (Å²) in [5.41, 5.74) is 0.520. The van der Waals surface area contributed by atoms with Gasteiger partial charge in [-0.05, 0) is 49.6 Å². The van der Waals surface area contributed by atoms with E-state index in [0.29, 0.717) is 0 Å². The number of anilines is 1. The molecule has 11 heteroatoms. The van der Waals surface area contributed by atoms with Gasteiger partial charge in [0.1, 0.15) is 18.4 Å². The Bertz CT molecular complexity index is 1170. The number of carbonyl (C=O) groups excluding carboxylic acids is 2. The molecule has 0 aliphatic heterocycles. The largest absolute Gasteiger partial charge is 0.352 e. The summed E-state index contributed by atoms with van der Waals surface area (Å²) in [7, 11) is -1.59. The van der Waals surface area contributed by atoms with Gasteiger partial charge >= 0.3 is 10.2 Å². The average Bonchev–Trinajstić information content (AvgIpc) is 3.35. The van der Waals surface area contributed by atoms with Gasteiger partial charge < -0.3 is 10.2 Å². The van der Waals surface area contributed by atoms with Crippen molar-refractivity contribution in [2.45, 2.75) is 51.2 Å². The number of carbonyl (C=O) groups is 2. The number of nitrogens with one attached hydrogen (secondary N) is 1. The molecule has 196 valence electrons. The minimum Gasteiger partial charge on any atom is -0.352 e. The SMILES string of the molecule is C[C@H](C(=O)NC1CCCC1)N(Cc1ccc(Br)cc1)C(=O)CN(c1ccccc1F)S(=O)(=O)N(C)C. The fraction of sp³-hybridized carbons (Fsp3) is 0.440. The highest BCUT2D eigenvalue weighted by Crippen LogP contribution is 2.24. The number of amides is 2. The molecule has 0 aromatic heterocycles. The van der Waals surface area contributed by atoms with Crippen LogP contribution >= 0.6 is 15.9 Å². The van der Waals surface area contributed by atoms with Crippen molar-refractivity contribution in [3.8, 4) is 0 Å². The predicted octanol–water partition coefficient (Wildman–Crippen LogP) is 3.68. The minimum absolute atomic E-state index is 0.0635. The zero-order valence-electron chi connectivity index (χ0n) is 20.7. The Kier molecular flexibility index (Phi) is 9.48. The van der Waals surface area contributed by atoms with Gasteiger partial charge in [-0.3, -0.25) is 9.59 Å². The van der Waals surface area contributed by atoms with Crippen LogP contribution in [0.25, 0.3) is 0 Å². The van der Waals surface area contributed by atoms with E-state index in [1.807, 2.05) is 24.3 Å². The van der Waals surface area contributed by atoms with E-state index in [2.05, 4.69) is 21.2 Å².